The van der Waals surface area contributed by atoms with E-state index in [1.165, 1.54) is 0 Å². The van der Waals surface area contributed by atoms with Crippen LogP contribution in [0.25, 0.3) is 4.91 Å². The van der Waals surface area contributed by atoms with Crippen LogP contribution in [0.5, 0.6) is 0 Å². The Balaban J connectivity index is 1.36. The first-order valence-corrected chi connectivity index (χ1v) is 11.0. The molecule has 30 heavy (non-hydrogen) atoms. The summed E-state index contributed by atoms with van der Waals surface area (Å²) in [5.74, 6) is 1.65. The Morgan fingerprint density at radius 3 is 2.93 bits per heavy atom. The number of rotatable bonds is 6. The average Bonchev–Trinajstić information content (AvgIpc) is 3.24. The summed E-state index contributed by atoms with van der Waals surface area (Å²) in [5.41, 5.74) is 1.59. The van der Waals surface area contributed by atoms with Gasteiger partial charge in [-0.2, -0.15) is 5.26 Å². The Morgan fingerprint density at radius 1 is 1.33 bits per heavy atom. The number of nitrogens with one attached hydrogen (secondary N) is 2. The van der Waals surface area contributed by atoms with Crippen LogP contribution >= 0.6 is 23.4 Å². The summed E-state index contributed by atoms with van der Waals surface area (Å²) in [4.78, 5) is 23.5. The van der Waals surface area contributed by atoms with E-state index in [9.17, 15) is 4.79 Å². The van der Waals surface area contributed by atoms with Gasteiger partial charge in [0.05, 0.1) is 22.2 Å². The van der Waals surface area contributed by atoms with Gasteiger partial charge >= 0.3 is 0 Å². The topological polar surface area (TPSA) is 93.9 Å². The number of piperidine rings is 1. The first-order chi connectivity index (χ1) is 14.6. The van der Waals surface area contributed by atoms with Gasteiger partial charge in [-0.3, -0.25) is 9.69 Å². The lowest BCUT2D eigenvalue weighted by molar-refractivity contribution is -0.112. The monoisotopic (exact) mass is 440 g/mol. The summed E-state index contributed by atoms with van der Waals surface area (Å²) in [7, 11) is 0. The van der Waals surface area contributed by atoms with Crippen LogP contribution in [0.4, 0.5) is 11.6 Å². The van der Waals surface area contributed by atoms with Gasteiger partial charge in [0, 0.05) is 31.9 Å². The molecule has 0 spiro atoms. The summed E-state index contributed by atoms with van der Waals surface area (Å²) < 4.78 is 0. The molecule has 0 radical (unpaired) electrons. The highest BCUT2D eigenvalue weighted by Gasteiger charge is 2.29. The lowest BCUT2D eigenvalue weighted by Gasteiger charge is -2.35. The molecule has 2 aliphatic heterocycles. The van der Waals surface area contributed by atoms with E-state index in [2.05, 4.69) is 26.6 Å². The molecule has 1 unspecified atom stereocenters. The highest BCUT2D eigenvalue weighted by molar-refractivity contribution is 8.09. The number of hydrogen-bond donors (Lipinski definition) is 2. The minimum absolute atomic E-state index is 0.167. The van der Waals surface area contributed by atoms with Crippen LogP contribution in [0, 0.1) is 17.2 Å². The fourth-order valence-corrected chi connectivity index (χ4v) is 4.93. The zero-order chi connectivity index (χ0) is 20.9. The predicted octanol–water partition coefficient (Wildman–Crippen LogP) is 3.88. The van der Waals surface area contributed by atoms with E-state index in [4.69, 9.17) is 21.8 Å². The molecule has 4 heterocycles. The number of aromatic nitrogens is 2. The van der Waals surface area contributed by atoms with Gasteiger partial charge in [0.1, 0.15) is 17.1 Å². The SMILES string of the molecule is N#Cc1ccnc(Nc2cccc(C3=CNC(N4CCC(CC(=O)Cl)CC4)S3)n2)c1. The molecule has 4 rings (SSSR count). The van der Waals surface area contributed by atoms with E-state index in [0.29, 0.717) is 29.5 Å². The number of anilines is 2. The molecule has 2 N–H and O–H groups in total. The maximum Gasteiger partial charge on any atom is 0.221 e. The van der Waals surface area contributed by atoms with Crippen molar-refractivity contribution in [3.05, 3.63) is 54.0 Å². The summed E-state index contributed by atoms with van der Waals surface area (Å²) >= 11 is 7.27. The molecule has 0 saturated carbocycles. The summed E-state index contributed by atoms with van der Waals surface area (Å²) in [5, 5.41) is 15.4. The van der Waals surface area contributed by atoms with Crippen molar-refractivity contribution in [2.75, 3.05) is 18.4 Å². The van der Waals surface area contributed by atoms with Crippen LogP contribution in [0.1, 0.15) is 30.5 Å². The van der Waals surface area contributed by atoms with Crippen molar-refractivity contribution < 1.29 is 4.79 Å². The van der Waals surface area contributed by atoms with E-state index < -0.39 is 0 Å². The van der Waals surface area contributed by atoms with Gasteiger partial charge in [-0.15, -0.1) is 0 Å². The number of carbonyl (C=O) groups is 1. The van der Waals surface area contributed by atoms with Gasteiger partial charge in [-0.05, 0) is 54.6 Å². The maximum absolute atomic E-state index is 11.1. The van der Waals surface area contributed by atoms with Crippen LogP contribution < -0.4 is 10.6 Å². The van der Waals surface area contributed by atoms with Crippen LogP contribution in [0.15, 0.2) is 42.7 Å². The molecule has 0 aliphatic carbocycles. The number of hydrogen-bond acceptors (Lipinski definition) is 8. The summed E-state index contributed by atoms with van der Waals surface area (Å²) in [6.45, 7) is 1.88. The molecule has 154 valence electrons. The molecule has 2 aromatic rings. The van der Waals surface area contributed by atoms with Crippen molar-refractivity contribution in [2.45, 2.75) is 24.8 Å². The Hall–Kier alpha value is -2.60. The third-order valence-corrected chi connectivity index (χ3v) is 6.56. The number of nitriles is 1. The largest absolute Gasteiger partial charge is 0.366 e. The second kappa shape index (κ2) is 9.47. The highest BCUT2D eigenvalue weighted by Crippen LogP contribution is 2.37. The summed E-state index contributed by atoms with van der Waals surface area (Å²) in [6, 6.07) is 11.3. The zero-order valence-corrected chi connectivity index (χ0v) is 17.8. The predicted molar refractivity (Wildman–Crippen MR) is 119 cm³/mol. The van der Waals surface area contributed by atoms with Gasteiger partial charge in [-0.25, -0.2) is 9.97 Å². The van der Waals surface area contributed by atoms with Crippen molar-refractivity contribution in [2.24, 2.45) is 5.92 Å². The van der Waals surface area contributed by atoms with E-state index in [-0.39, 0.29) is 10.7 Å². The molecule has 0 amide bonds. The second-order valence-electron chi connectivity index (χ2n) is 7.26. The molecule has 2 aromatic heterocycles. The fourth-order valence-electron chi connectivity index (χ4n) is 3.61. The van der Waals surface area contributed by atoms with E-state index in [1.807, 2.05) is 24.4 Å². The van der Waals surface area contributed by atoms with Gasteiger partial charge in [-0.1, -0.05) is 17.8 Å². The molecule has 2 aliphatic rings. The van der Waals surface area contributed by atoms with E-state index >= 15 is 0 Å². The first-order valence-electron chi connectivity index (χ1n) is 9.76. The van der Waals surface area contributed by atoms with Gasteiger partial charge in [0.25, 0.3) is 0 Å². The van der Waals surface area contributed by atoms with E-state index in [1.54, 1.807) is 30.1 Å². The lowest BCUT2D eigenvalue weighted by atomic mass is 9.94. The zero-order valence-electron chi connectivity index (χ0n) is 16.2. The number of pyridine rings is 2. The maximum atomic E-state index is 11.1. The number of likely N-dealkylation sites (tertiary alicyclic amines) is 1. The first kappa shape index (κ1) is 20.7. The third-order valence-electron chi connectivity index (χ3n) is 5.17. The second-order valence-corrected chi connectivity index (χ2v) is 8.80. The highest BCUT2D eigenvalue weighted by atomic mass is 35.5. The molecule has 0 aromatic carbocycles. The van der Waals surface area contributed by atoms with Crippen LogP contribution in [-0.4, -0.2) is 38.7 Å². The van der Waals surface area contributed by atoms with Gasteiger partial charge in [0.15, 0.2) is 0 Å². The molecule has 0 bridgehead atoms. The van der Waals surface area contributed by atoms with Gasteiger partial charge in [0.2, 0.25) is 5.24 Å². The van der Waals surface area contributed by atoms with Crippen LogP contribution in [0.3, 0.4) is 0 Å². The Bertz CT molecular complexity index is 999. The van der Waals surface area contributed by atoms with E-state index in [0.717, 1.165) is 36.5 Å². The average molecular weight is 441 g/mol. The minimum Gasteiger partial charge on any atom is -0.366 e. The molecular weight excluding hydrogens is 420 g/mol. The molecule has 1 atom stereocenters. The number of carbonyl (C=O) groups excluding carboxylic acids is 1. The third kappa shape index (κ3) is 5.11. The van der Waals surface area contributed by atoms with Crippen molar-refractivity contribution in [3.63, 3.8) is 0 Å². The molecule has 1 fully saturated rings. The fraction of sp³-hybridized carbons (Fsp3) is 0.333. The quantitative estimate of drug-likeness (QED) is 0.653. The van der Waals surface area contributed by atoms with Crippen LogP contribution in [-0.2, 0) is 4.79 Å². The number of halogens is 1. The normalized spacial score (nSPS) is 19.6. The number of nitrogens with zero attached hydrogens (tertiary/aromatic N) is 4. The van der Waals surface area contributed by atoms with Crippen molar-refractivity contribution in [1.82, 2.24) is 20.2 Å². The van der Waals surface area contributed by atoms with Crippen LogP contribution in [0.2, 0.25) is 0 Å². The molecule has 9 heteroatoms. The molecule has 1 saturated heterocycles. The Labute approximate surface area is 184 Å². The molecular formula is C21H21ClN6OS. The molecule has 7 nitrogen and oxygen atoms in total. The van der Waals surface area contributed by atoms with Gasteiger partial charge < -0.3 is 10.6 Å². The minimum atomic E-state index is -0.236. The van der Waals surface area contributed by atoms with Crippen molar-refractivity contribution in [1.29, 1.82) is 5.26 Å². The van der Waals surface area contributed by atoms with Crippen molar-refractivity contribution >= 4 is 45.1 Å². The summed E-state index contributed by atoms with van der Waals surface area (Å²) in [6.07, 6.45) is 6.04. The smallest absolute Gasteiger partial charge is 0.221 e. The standard InChI is InChI=1S/C21H21ClN6OS/c22-18(29)10-14-5-8-28(9-6-14)21-25-13-17(30-21)16-2-1-3-19(26-16)27-20-11-15(12-23)4-7-24-20/h1-4,7,11,13-14,21,25H,5-6,8-10H2,(H,24,26,27). The Morgan fingerprint density at radius 2 is 2.17 bits per heavy atom. The lowest BCUT2D eigenvalue weighted by Crippen LogP contribution is -2.44. The Kier molecular flexibility index (Phi) is 6.53. The van der Waals surface area contributed by atoms with Crippen molar-refractivity contribution in [3.8, 4) is 6.07 Å². The number of thioether (sulfide) groups is 1.